The summed E-state index contributed by atoms with van der Waals surface area (Å²) in [7, 11) is 0. The zero-order valence-corrected chi connectivity index (χ0v) is 15.0. The van der Waals surface area contributed by atoms with E-state index in [9.17, 15) is 17.6 Å². The number of pyridine rings is 1. The molecule has 3 heterocycles. The van der Waals surface area contributed by atoms with Crippen LogP contribution in [0.4, 0.5) is 17.6 Å². The van der Waals surface area contributed by atoms with E-state index >= 15 is 0 Å². The lowest BCUT2D eigenvalue weighted by Crippen LogP contribution is -2.07. The van der Waals surface area contributed by atoms with Gasteiger partial charge in [0.25, 0.3) is 0 Å². The first-order valence-electron chi connectivity index (χ1n) is 8.72. The predicted molar refractivity (Wildman–Crippen MR) is 100 cm³/mol. The summed E-state index contributed by atoms with van der Waals surface area (Å²) in [4.78, 5) is 4.39. The zero-order chi connectivity index (χ0) is 20.9. The van der Waals surface area contributed by atoms with Gasteiger partial charge in [-0.2, -0.15) is 23.4 Å². The highest BCUT2D eigenvalue weighted by Crippen LogP contribution is 2.40. The van der Waals surface area contributed by atoms with E-state index in [-0.39, 0.29) is 22.8 Å². The highest BCUT2D eigenvalue weighted by molar-refractivity contribution is 6.08. The monoisotopic (exact) mass is 413 g/mol. The van der Waals surface area contributed by atoms with E-state index in [1.165, 1.54) is 24.3 Å². The molecule has 0 aliphatic rings. The van der Waals surface area contributed by atoms with Gasteiger partial charge >= 0.3 is 6.18 Å². The summed E-state index contributed by atoms with van der Waals surface area (Å²) in [5.41, 5.74) is -0.211. The molecule has 5 aromatic rings. The van der Waals surface area contributed by atoms with Crippen molar-refractivity contribution in [1.29, 1.82) is 0 Å². The van der Waals surface area contributed by atoms with Gasteiger partial charge in [-0.05, 0) is 24.3 Å². The van der Waals surface area contributed by atoms with E-state index in [1.807, 2.05) is 0 Å². The van der Waals surface area contributed by atoms with Gasteiger partial charge < -0.3 is 4.74 Å². The normalized spacial score (nSPS) is 12.0. The molecule has 0 saturated carbocycles. The molecule has 10 heteroatoms. The quantitative estimate of drug-likeness (QED) is 0.386. The fourth-order valence-electron chi connectivity index (χ4n) is 3.29. The van der Waals surface area contributed by atoms with Crippen LogP contribution in [0.1, 0.15) is 5.69 Å². The molecule has 0 fully saturated rings. The fourth-order valence-corrected chi connectivity index (χ4v) is 3.29. The molecule has 150 valence electrons. The van der Waals surface area contributed by atoms with Crippen molar-refractivity contribution in [3.8, 4) is 22.8 Å². The Kier molecular flexibility index (Phi) is 3.95. The second-order valence-corrected chi connectivity index (χ2v) is 6.50. The number of rotatable bonds is 3. The molecule has 0 saturated heterocycles. The minimum Gasteiger partial charge on any atom is -0.456 e. The summed E-state index contributed by atoms with van der Waals surface area (Å²) in [6.07, 6.45) is -1.97. The van der Waals surface area contributed by atoms with Crippen LogP contribution in [-0.2, 0) is 6.18 Å². The number of H-pyrrole nitrogens is 2. The third-order valence-electron chi connectivity index (χ3n) is 4.57. The Morgan fingerprint density at radius 3 is 2.70 bits per heavy atom. The minimum atomic E-state index is -4.66. The average Bonchev–Trinajstić information content (AvgIpc) is 3.37. The number of hydrogen-bond acceptors (Lipinski definition) is 4. The number of benzene rings is 2. The van der Waals surface area contributed by atoms with Crippen molar-refractivity contribution in [3.63, 3.8) is 0 Å². The van der Waals surface area contributed by atoms with E-state index in [0.29, 0.717) is 21.8 Å². The molecule has 2 N–H and O–H groups in total. The van der Waals surface area contributed by atoms with Gasteiger partial charge in [0, 0.05) is 23.7 Å². The van der Waals surface area contributed by atoms with E-state index < -0.39 is 17.7 Å². The predicted octanol–water partition coefficient (Wildman–Crippen LogP) is 5.45. The van der Waals surface area contributed by atoms with E-state index in [2.05, 4.69) is 25.4 Å². The fraction of sp³-hybridized carbons (Fsp3) is 0.0500. The number of fused-ring (bicyclic) bond motifs is 3. The van der Waals surface area contributed by atoms with Gasteiger partial charge in [0.1, 0.15) is 17.3 Å². The smallest absolute Gasteiger partial charge is 0.435 e. The van der Waals surface area contributed by atoms with Crippen LogP contribution in [0.25, 0.3) is 33.1 Å². The van der Waals surface area contributed by atoms with Gasteiger partial charge in [0.15, 0.2) is 5.69 Å². The number of nitrogens with one attached hydrogen (secondary N) is 2. The molecular formula is C20H11F4N5O. The molecule has 5 rings (SSSR count). The minimum absolute atomic E-state index is 0.0119. The molecule has 0 amide bonds. The van der Waals surface area contributed by atoms with Crippen molar-refractivity contribution in [2.45, 2.75) is 6.18 Å². The second kappa shape index (κ2) is 6.55. The van der Waals surface area contributed by atoms with Crippen LogP contribution in [-0.4, -0.2) is 25.4 Å². The SMILES string of the molecule is Fc1cccc(Oc2cc(-c3c[nH]nc3C(F)(F)F)nc3ccc4[nH]ncc4c23)c1. The summed E-state index contributed by atoms with van der Waals surface area (Å²) >= 11 is 0. The van der Waals surface area contributed by atoms with Crippen molar-refractivity contribution in [2.75, 3.05) is 0 Å². The molecule has 6 nitrogen and oxygen atoms in total. The first kappa shape index (κ1) is 18.1. The van der Waals surface area contributed by atoms with Gasteiger partial charge in [0.05, 0.1) is 33.9 Å². The molecule has 30 heavy (non-hydrogen) atoms. The summed E-state index contributed by atoms with van der Waals surface area (Å²) in [5, 5.41) is 13.6. The Labute approximate surface area is 165 Å². The third kappa shape index (κ3) is 3.02. The lowest BCUT2D eigenvalue weighted by molar-refractivity contribution is -0.140. The van der Waals surface area contributed by atoms with Gasteiger partial charge in [-0.15, -0.1) is 0 Å². The summed E-state index contributed by atoms with van der Waals surface area (Å²) in [6.45, 7) is 0. The van der Waals surface area contributed by atoms with Crippen LogP contribution in [0, 0.1) is 5.82 Å². The Morgan fingerprint density at radius 2 is 1.90 bits per heavy atom. The zero-order valence-electron chi connectivity index (χ0n) is 15.0. The van der Waals surface area contributed by atoms with Crippen molar-refractivity contribution < 1.29 is 22.3 Å². The van der Waals surface area contributed by atoms with Gasteiger partial charge in [-0.25, -0.2) is 9.37 Å². The van der Waals surface area contributed by atoms with Gasteiger partial charge in [0.2, 0.25) is 0 Å². The molecule has 0 atom stereocenters. The molecular weight excluding hydrogens is 402 g/mol. The van der Waals surface area contributed by atoms with Crippen molar-refractivity contribution in [3.05, 3.63) is 66.4 Å². The maximum absolute atomic E-state index is 13.6. The van der Waals surface area contributed by atoms with E-state index in [1.54, 1.807) is 24.4 Å². The second-order valence-electron chi connectivity index (χ2n) is 6.50. The molecule has 0 unspecified atom stereocenters. The molecule has 0 aliphatic carbocycles. The Hall–Kier alpha value is -3.95. The summed E-state index contributed by atoms with van der Waals surface area (Å²) < 4.78 is 59.5. The topological polar surface area (TPSA) is 79.5 Å². The molecule has 2 aromatic carbocycles. The summed E-state index contributed by atoms with van der Waals surface area (Å²) in [6, 6.07) is 10.2. The number of nitrogens with zero attached hydrogens (tertiary/aromatic N) is 3. The van der Waals surface area contributed by atoms with E-state index in [0.717, 1.165) is 6.20 Å². The Bertz CT molecular complexity index is 1390. The highest BCUT2D eigenvalue weighted by atomic mass is 19.4. The number of hydrogen-bond donors (Lipinski definition) is 2. The summed E-state index contributed by atoms with van der Waals surface area (Å²) in [5.74, 6) is -0.104. The van der Waals surface area contributed by atoms with Crippen LogP contribution >= 0.6 is 0 Å². The van der Waals surface area contributed by atoms with Crippen molar-refractivity contribution in [1.82, 2.24) is 25.4 Å². The van der Waals surface area contributed by atoms with Crippen molar-refractivity contribution in [2.24, 2.45) is 0 Å². The largest absolute Gasteiger partial charge is 0.456 e. The maximum Gasteiger partial charge on any atom is 0.435 e. The first-order valence-corrected chi connectivity index (χ1v) is 8.72. The highest BCUT2D eigenvalue weighted by Gasteiger charge is 2.37. The molecule has 0 radical (unpaired) electrons. The Morgan fingerprint density at radius 1 is 1.03 bits per heavy atom. The van der Waals surface area contributed by atoms with Crippen LogP contribution in [0.5, 0.6) is 11.5 Å². The first-order chi connectivity index (χ1) is 14.4. The number of halogens is 4. The number of aromatic amines is 2. The van der Waals surface area contributed by atoms with Crippen LogP contribution < -0.4 is 4.74 Å². The lowest BCUT2D eigenvalue weighted by atomic mass is 10.1. The molecule has 3 aromatic heterocycles. The van der Waals surface area contributed by atoms with E-state index in [4.69, 9.17) is 4.74 Å². The lowest BCUT2D eigenvalue weighted by Gasteiger charge is -2.13. The van der Waals surface area contributed by atoms with Crippen LogP contribution in [0.15, 0.2) is 54.9 Å². The molecule has 0 spiro atoms. The van der Waals surface area contributed by atoms with Crippen molar-refractivity contribution >= 4 is 21.8 Å². The van der Waals surface area contributed by atoms with Crippen LogP contribution in [0.3, 0.4) is 0 Å². The third-order valence-corrected chi connectivity index (χ3v) is 4.57. The number of ether oxygens (including phenoxy) is 1. The molecule has 0 aliphatic heterocycles. The Balaban J connectivity index is 1.77. The van der Waals surface area contributed by atoms with Crippen LogP contribution in [0.2, 0.25) is 0 Å². The maximum atomic E-state index is 13.6. The standard InChI is InChI=1S/C20H11F4N5O/c21-10-2-1-3-11(6-10)30-17-7-16(13-9-26-29-19(13)20(22,23)24)27-15-5-4-14-12(18(15)17)8-25-28-14/h1-9H,(H,25,28)(H,26,29). The van der Waals surface area contributed by atoms with Gasteiger partial charge in [-0.3, -0.25) is 10.2 Å². The average molecular weight is 413 g/mol. The number of alkyl halides is 3. The van der Waals surface area contributed by atoms with Gasteiger partial charge in [-0.1, -0.05) is 6.07 Å². The molecule has 0 bridgehead atoms. The number of aromatic nitrogens is 5.